The van der Waals surface area contributed by atoms with Crippen molar-refractivity contribution in [1.29, 1.82) is 0 Å². The number of carbonyl (C=O) groups excluding carboxylic acids is 1. The molecule has 0 fully saturated rings. The highest BCUT2D eigenvalue weighted by Crippen LogP contribution is 2.36. The Morgan fingerprint density at radius 2 is 2.12 bits per heavy atom. The minimum Gasteiger partial charge on any atom is -0.497 e. The molecule has 5 nitrogen and oxygen atoms in total. The number of carbonyl (C=O) groups is 1. The Labute approximate surface area is 146 Å². The van der Waals surface area contributed by atoms with Crippen molar-refractivity contribution in [3.63, 3.8) is 0 Å². The van der Waals surface area contributed by atoms with Crippen molar-refractivity contribution < 1.29 is 18.7 Å². The third-order valence-electron chi connectivity index (χ3n) is 4.22. The molecule has 1 aromatic carbocycles. The Balaban J connectivity index is 2.07. The molecule has 0 aliphatic heterocycles. The SMILES string of the molecule is CCOC(=O)CC(c1ccccn1)c1oc2ccc(OC)cc2c1C. The minimum absolute atomic E-state index is 0.183. The quantitative estimate of drug-likeness (QED) is 0.629. The van der Waals surface area contributed by atoms with Crippen LogP contribution in [0.5, 0.6) is 5.75 Å². The van der Waals surface area contributed by atoms with E-state index in [2.05, 4.69) is 4.98 Å². The number of pyridine rings is 1. The number of hydrogen-bond donors (Lipinski definition) is 0. The number of methoxy groups -OCH3 is 1. The summed E-state index contributed by atoms with van der Waals surface area (Å²) in [6.45, 7) is 4.14. The van der Waals surface area contributed by atoms with Crippen LogP contribution in [0.1, 0.15) is 36.3 Å². The Morgan fingerprint density at radius 1 is 1.28 bits per heavy atom. The number of esters is 1. The molecule has 0 aliphatic rings. The zero-order valence-electron chi connectivity index (χ0n) is 14.6. The number of ether oxygens (including phenoxy) is 2. The molecule has 1 atom stereocenters. The first-order valence-corrected chi connectivity index (χ1v) is 8.27. The maximum Gasteiger partial charge on any atom is 0.306 e. The Hall–Kier alpha value is -2.82. The highest BCUT2D eigenvalue weighted by atomic mass is 16.5. The molecule has 0 N–H and O–H groups in total. The first kappa shape index (κ1) is 17.0. The number of nitrogens with zero attached hydrogens (tertiary/aromatic N) is 1. The van der Waals surface area contributed by atoms with Gasteiger partial charge in [-0.2, -0.15) is 0 Å². The van der Waals surface area contributed by atoms with E-state index < -0.39 is 0 Å². The van der Waals surface area contributed by atoms with Gasteiger partial charge in [0.2, 0.25) is 0 Å². The standard InChI is InChI=1S/C20H21NO4/c1-4-24-19(22)12-16(17-7-5-6-10-21-17)20-13(2)15-11-14(23-3)8-9-18(15)25-20/h5-11,16H,4,12H2,1-3H3. The van der Waals surface area contributed by atoms with Gasteiger partial charge in [0.1, 0.15) is 17.1 Å². The average molecular weight is 339 g/mol. The van der Waals surface area contributed by atoms with Crippen molar-refractivity contribution in [2.24, 2.45) is 0 Å². The molecule has 130 valence electrons. The van der Waals surface area contributed by atoms with Crippen LogP contribution < -0.4 is 4.74 Å². The predicted octanol–water partition coefficient (Wildman–Crippen LogP) is 4.23. The van der Waals surface area contributed by atoms with Gasteiger partial charge in [0.15, 0.2) is 0 Å². The van der Waals surface area contributed by atoms with E-state index in [1.807, 2.05) is 43.3 Å². The van der Waals surface area contributed by atoms with Crippen LogP contribution in [-0.4, -0.2) is 24.7 Å². The largest absolute Gasteiger partial charge is 0.497 e. The van der Waals surface area contributed by atoms with Crippen molar-refractivity contribution >= 4 is 16.9 Å². The van der Waals surface area contributed by atoms with E-state index in [0.717, 1.165) is 33.7 Å². The van der Waals surface area contributed by atoms with Crippen LogP contribution in [0.25, 0.3) is 11.0 Å². The number of rotatable bonds is 6. The summed E-state index contributed by atoms with van der Waals surface area (Å²) in [5.41, 5.74) is 2.52. The highest BCUT2D eigenvalue weighted by Gasteiger charge is 2.26. The first-order chi connectivity index (χ1) is 12.1. The van der Waals surface area contributed by atoms with Gasteiger partial charge in [-0.05, 0) is 49.7 Å². The third kappa shape index (κ3) is 3.50. The molecule has 2 aromatic heterocycles. The fourth-order valence-electron chi connectivity index (χ4n) is 2.98. The van der Waals surface area contributed by atoms with E-state index in [1.54, 1.807) is 20.2 Å². The fourth-order valence-corrected chi connectivity index (χ4v) is 2.98. The number of hydrogen-bond acceptors (Lipinski definition) is 5. The molecule has 0 aliphatic carbocycles. The van der Waals surface area contributed by atoms with Crippen molar-refractivity contribution in [1.82, 2.24) is 4.98 Å². The maximum absolute atomic E-state index is 12.1. The van der Waals surface area contributed by atoms with Crippen LogP contribution in [0.4, 0.5) is 0 Å². The second-order valence-corrected chi connectivity index (χ2v) is 5.77. The molecule has 5 heteroatoms. The topological polar surface area (TPSA) is 61.6 Å². The highest BCUT2D eigenvalue weighted by molar-refractivity contribution is 5.84. The zero-order chi connectivity index (χ0) is 17.8. The van der Waals surface area contributed by atoms with Gasteiger partial charge in [0, 0.05) is 11.6 Å². The monoisotopic (exact) mass is 339 g/mol. The van der Waals surface area contributed by atoms with Crippen molar-refractivity contribution in [2.45, 2.75) is 26.2 Å². The van der Waals surface area contributed by atoms with Crippen LogP contribution in [-0.2, 0) is 9.53 Å². The van der Waals surface area contributed by atoms with Crippen LogP contribution in [0.3, 0.4) is 0 Å². The molecule has 25 heavy (non-hydrogen) atoms. The molecule has 0 spiro atoms. The van der Waals surface area contributed by atoms with Gasteiger partial charge in [0.05, 0.1) is 31.7 Å². The van der Waals surface area contributed by atoms with E-state index in [1.165, 1.54) is 0 Å². The molecule has 0 saturated carbocycles. The molecule has 3 aromatic rings. The van der Waals surface area contributed by atoms with E-state index >= 15 is 0 Å². The summed E-state index contributed by atoms with van der Waals surface area (Å²) in [5.74, 6) is 0.937. The van der Waals surface area contributed by atoms with Gasteiger partial charge < -0.3 is 13.9 Å². The number of furan rings is 1. The number of benzene rings is 1. The second-order valence-electron chi connectivity index (χ2n) is 5.77. The normalized spacial score (nSPS) is 12.1. The lowest BCUT2D eigenvalue weighted by atomic mass is 9.94. The van der Waals surface area contributed by atoms with E-state index in [0.29, 0.717) is 6.61 Å². The summed E-state index contributed by atoms with van der Waals surface area (Å²) in [5, 5.41) is 0.971. The zero-order valence-corrected chi connectivity index (χ0v) is 14.6. The lowest BCUT2D eigenvalue weighted by Gasteiger charge is -2.14. The smallest absolute Gasteiger partial charge is 0.306 e. The number of aromatic nitrogens is 1. The summed E-state index contributed by atoms with van der Waals surface area (Å²) in [6, 6.07) is 11.3. The molecular weight excluding hydrogens is 318 g/mol. The molecule has 0 saturated heterocycles. The fraction of sp³-hybridized carbons (Fsp3) is 0.300. The number of fused-ring (bicyclic) bond motifs is 1. The van der Waals surface area contributed by atoms with E-state index in [9.17, 15) is 4.79 Å². The van der Waals surface area contributed by atoms with Crippen molar-refractivity contribution in [3.8, 4) is 5.75 Å². The summed E-state index contributed by atoms with van der Waals surface area (Å²) < 4.78 is 16.5. The molecule has 0 radical (unpaired) electrons. The number of aryl methyl sites for hydroxylation is 1. The minimum atomic E-state index is -0.293. The lowest BCUT2D eigenvalue weighted by Crippen LogP contribution is -2.13. The second kappa shape index (κ2) is 7.38. The molecule has 1 unspecified atom stereocenters. The molecule has 2 heterocycles. The Kier molecular flexibility index (Phi) is 5.03. The predicted molar refractivity (Wildman–Crippen MR) is 94.8 cm³/mol. The van der Waals surface area contributed by atoms with Crippen LogP contribution in [0.15, 0.2) is 47.0 Å². The lowest BCUT2D eigenvalue weighted by molar-refractivity contribution is -0.143. The van der Waals surface area contributed by atoms with Gasteiger partial charge in [-0.25, -0.2) is 0 Å². The van der Waals surface area contributed by atoms with Crippen molar-refractivity contribution in [3.05, 3.63) is 59.6 Å². The van der Waals surface area contributed by atoms with Crippen LogP contribution in [0, 0.1) is 6.92 Å². The van der Waals surface area contributed by atoms with Gasteiger partial charge in [-0.3, -0.25) is 9.78 Å². The van der Waals surface area contributed by atoms with Gasteiger partial charge in [-0.15, -0.1) is 0 Å². The Bertz CT molecular complexity index is 870. The van der Waals surface area contributed by atoms with Crippen molar-refractivity contribution in [2.75, 3.05) is 13.7 Å². The summed E-state index contributed by atoms with van der Waals surface area (Å²) in [6.07, 6.45) is 1.90. The first-order valence-electron chi connectivity index (χ1n) is 8.27. The van der Waals surface area contributed by atoms with Gasteiger partial charge >= 0.3 is 5.97 Å². The molecule has 3 rings (SSSR count). The third-order valence-corrected chi connectivity index (χ3v) is 4.22. The van der Waals surface area contributed by atoms with E-state index in [-0.39, 0.29) is 18.3 Å². The maximum atomic E-state index is 12.1. The van der Waals surface area contributed by atoms with Crippen LogP contribution >= 0.6 is 0 Å². The summed E-state index contributed by atoms with van der Waals surface area (Å²) in [4.78, 5) is 16.5. The van der Waals surface area contributed by atoms with E-state index in [4.69, 9.17) is 13.9 Å². The van der Waals surface area contributed by atoms with Gasteiger partial charge in [0.25, 0.3) is 0 Å². The summed E-state index contributed by atoms with van der Waals surface area (Å²) >= 11 is 0. The average Bonchev–Trinajstić information content (AvgIpc) is 2.96. The Morgan fingerprint density at radius 3 is 2.80 bits per heavy atom. The molecule has 0 bridgehead atoms. The molecule has 0 amide bonds. The summed E-state index contributed by atoms with van der Waals surface area (Å²) in [7, 11) is 1.63. The molecular formula is C20H21NO4. The van der Waals surface area contributed by atoms with Crippen LogP contribution in [0.2, 0.25) is 0 Å². The van der Waals surface area contributed by atoms with Gasteiger partial charge in [-0.1, -0.05) is 6.07 Å².